The van der Waals surface area contributed by atoms with Crippen molar-refractivity contribution in [3.63, 3.8) is 0 Å². The Kier molecular flexibility index (Phi) is 3.33. The van der Waals surface area contributed by atoms with E-state index in [0.717, 1.165) is 12.1 Å². The molecule has 24 heavy (non-hydrogen) atoms. The highest BCUT2D eigenvalue weighted by Crippen LogP contribution is 2.42. The van der Waals surface area contributed by atoms with Crippen LogP contribution in [0.5, 0.6) is 0 Å². The second-order valence-electron chi connectivity index (χ2n) is 6.43. The summed E-state index contributed by atoms with van der Waals surface area (Å²) in [5.41, 5.74) is 0.662. The van der Waals surface area contributed by atoms with Crippen LogP contribution in [0.3, 0.4) is 0 Å². The minimum Gasteiger partial charge on any atom is -0.336 e. The Labute approximate surface area is 139 Å². The summed E-state index contributed by atoms with van der Waals surface area (Å²) < 4.78 is 1.69. The normalized spacial score (nSPS) is 23.5. The van der Waals surface area contributed by atoms with Crippen LogP contribution in [0, 0.1) is 5.41 Å². The van der Waals surface area contributed by atoms with Crippen molar-refractivity contribution in [2.45, 2.75) is 12.8 Å². The zero-order chi connectivity index (χ0) is 16.7. The van der Waals surface area contributed by atoms with Crippen molar-refractivity contribution in [2.24, 2.45) is 12.5 Å². The summed E-state index contributed by atoms with van der Waals surface area (Å²) in [6, 6.07) is 0. The molecule has 4 heterocycles. The van der Waals surface area contributed by atoms with Crippen molar-refractivity contribution in [1.29, 1.82) is 0 Å². The summed E-state index contributed by atoms with van der Waals surface area (Å²) in [6.45, 7) is 1.68. The number of nitrogens with zero attached hydrogens (tertiary/aromatic N) is 6. The summed E-state index contributed by atoms with van der Waals surface area (Å²) in [6.07, 6.45) is 9.49. The van der Waals surface area contributed by atoms with Gasteiger partial charge in [-0.15, -0.1) is 0 Å². The molecule has 2 fully saturated rings. The van der Waals surface area contributed by atoms with Crippen LogP contribution in [0.25, 0.3) is 0 Å². The smallest absolute Gasteiger partial charge is 0.274 e. The summed E-state index contributed by atoms with van der Waals surface area (Å²) in [7, 11) is 1.83. The molecular formula is C16H18N6O2. The van der Waals surface area contributed by atoms with Gasteiger partial charge in [-0.3, -0.25) is 19.3 Å². The first-order chi connectivity index (χ1) is 11.6. The third-order valence-corrected chi connectivity index (χ3v) is 4.94. The number of aryl methyl sites for hydroxylation is 1. The van der Waals surface area contributed by atoms with Crippen LogP contribution in [-0.4, -0.2) is 56.1 Å². The van der Waals surface area contributed by atoms with Crippen LogP contribution < -0.4 is 4.90 Å². The molecule has 0 bridgehead atoms. The van der Waals surface area contributed by atoms with E-state index in [0.29, 0.717) is 31.7 Å². The maximum absolute atomic E-state index is 13.0. The number of carbonyl (C=O) groups excluding carboxylic acids is 2. The summed E-state index contributed by atoms with van der Waals surface area (Å²) >= 11 is 0. The van der Waals surface area contributed by atoms with Gasteiger partial charge in [0.25, 0.3) is 5.91 Å². The van der Waals surface area contributed by atoms with Crippen LogP contribution >= 0.6 is 0 Å². The Morgan fingerprint density at radius 3 is 2.75 bits per heavy atom. The number of amides is 2. The Morgan fingerprint density at radius 1 is 1.21 bits per heavy atom. The molecule has 124 valence electrons. The molecule has 0 N–H and O–H groups in total. The second-order valence-corrected chi connectivity index (χ2v) is 6.43. The van der Waals surface area contributed by atoms with E-state index in [9.17, 15) is 9.59 Å². The molecule has 2 saturated heterocycles. The number of rotatable bonds is 2. The molecule has 2 amide bonds. The molecule has 0 aliphatic carbocycles. The Morgan fingerprint density at radius 2 is 2.04 bits per heavy atom. The quantitative estimate of drug-likeness (QED) is 0.801. The Bertz CT molecular complexity index is 789. The van der Waals surface area contributed by atoms with Crippen molar-refractivity contribution in [1.82, 2.24) is 24.6 Å². The van der Waals surface area contributed by atoms with Gasteiger partial charge < -0.3 is 9.80 Å². The lowest BCUT2D eigenvalue weighted by molar-refractivity contribution is -0.124. The first-order valence-corrected chi connectivity index (χ1v) is 7.95. The topological polar surface area (TPSA) is 84.2 Å². The van der Waals surface area contributed by atoms with Gasteiger partial charge in [-0.1, -0.05) is 0 Å². The lowest BCUT2D eigenvalue weighted by atomic mass is 9.85. The van der Waals surface area contributed by atoms with E-state index >= 15 is 0 Å². The van der Waals surface area contributed by atoms with Gasteiger partial charge in [-0.05, 0) is 12.8 Å². The predicted octanol–water partition coefficient (Wildman–Crippen LogP) is 0.479. The molecule has 8 nitrogen and oxygen atoms in total. The van der Waals surface area contributed by atoms with E-state index in [1.165, 1.54) is 18.6 Å². The van der Waals surface area contributed by atoms with Gasteiger partial charge in [-0.2, -0.15) is 5.10 Å². The largest absolute Gasteiger partial charge is 0.336 e. The van der Waals surface area contributed by atoms with E-state index in [-0.39, 0.29) is 11.8 Å². The third kappa shape index (κ3) is 2.26. The number of hydrogen-bond donors (Lipinski definition) is 0. The molecule has 8 heteroatoms. The lowest BCUT2D eigenvalue weighted by Gasteiger charge is -2.23. The highest BCUT2D eigenvalue weighted by molar-refractivity contribution is 6.01. The van der Waals surface area contributed by atoms with Crippen molar-refractivity contribution in [3.05, 3.63) is 36.7 Å². The zero-order valence-electron chi connectivity index (χ0n) is 13.4. The van der Waals surface area contributed by atoms with Gasteiger partial charge in [-0.25, -0.2) is 4.98 Å². The molecule has 0 radical (unpaired) electrons. The molecule has 2 aromatic rings. The number of aromatic nitrogens is 4. The van der Waals surface area contributed by atoms with E-state index in [1.54, 1.807) is 20.7 Å². The van der Waals surface area contributed by atoms with Crippen LogP contribution in [0.4, 0.5) is 5.69 Å². The van der Waals surface area contributed by atoms with Gasteiger partial charge in [0.15, 0.2) is 0 Å². The minimum absolute atomic E-state index is 0.0879. The molecule has 0 aromatic carbocycles. The fourth-order valence-corrected chi connectivity index (χ4v) is 3.61. The fraction of sp³-hybridized carbons (Fsp3) is 0.438. The van der Waals surface area contributed by atoms with Gasteiger partial charge >= 0.3 is 0 Å². The van der Waals surface area contributed by atoms with Gasteiger partial charge in [0.2, 0.25) is 5.91 Å². The monoisotopic (exact) mass is 326 g/mol. The Balaban J connectivity index is 1.52. The third-order valence-electron chi connectivity index (χ3n) is 4.94. The molecule has 1 spiro atoms. The van der Waals surface area contributed by atoms with E-state index < -0.39 is 5.41 Å². The van der Waals surface area contributed by atoms with Crippen molar-refractivity contribution in [3.8, 4) is 0 Å². The molecule has 0 saturated carbocycles. The molecule has 4 rings (SSSR count). The first-order valence-electron chi connectivity index (χ1n) is 7.95. The summed E-state index contributed by atoms with van der Waals surface area (Å²) in [5.74, 6) is -0.0717. The van der Waals surface area contributed by atoms with Gasteiger partial charge in [0.1, 0.15) is 5.69 Å². The maximum Gasteiger partial charge on any atom is 0.274 e. The summed E-state index contributed by atoms with van der Waals surface area (Å²) in [5, 5.41) is 4.14. The standard InChI is InChI=1S/C16H18N6O2/c1-20-10-12(8-19-20)22-7-3-16(15(22)24)2-6-21(11-16)14(23)13-9-17-4-5-18-13/h4-5,8-10H,2-3,6-7,11H2,1H3/t16-/m1/s1. The molecule has 1 atom stereocenters. The average molecular weight is 326 g/mol. The molecule has 2 aromatic heterocycles. The maximum atomic E-state index is 13.0. The summed E-state index contributed by atoms with van der Waals surface area (Å²) in [4.78, 5) is 37.0. The van der Waals surface area contributed by atoms with Gasteiger partial charge in [0, 0.05) is 45.3 Å². The average Bonchev–Trinajstić information content (AvgIpc) is 3.30. The Hall–Kier alpha value is -2.77. The number of carbonyl (C=O) groups is 2. The molecule has 2 aliphatic rings. The van der Waals surface area contributed by atoms with Crippen molar-refractivity contribution >= 4 is 17.5 Å². The highest BCUT2D eigenvalue weighted by Gasteiger charge is 2.52. The number of likely N-dealkylation sites (tertiary alicyclic amines) is 1. The van der Waals surface area contributed by atoms with Crippen molar-refractivity contribution in [2.75, 3.05) is 24.5 Å². The van der Waals surface area contributed by atoms with Crippen LogP contribution in [0.15, 0.2) is 31.0 Å². The van der Waals surface area contributed by atoms with Crippen molar-refractivity contribution < 1.29 is 9.59 Å². The lowest BCUT2D eigenvalue weighted by Crippen LogP contribution is -2.38. The minimum atomic E-state index is -0.478. The van der Waals surface area contributed by atoms with Crippen LogP contribution in [0.2, 0.25) is 0 Å². The van der Waals surface area contributed by atoms with Gasteiger partial charge in [0.05, 0.1) is 23.5 Å². The van der Waals surface area contributed by atoms with Crippen LogP contribution in [0.1, 0.15) is 23.3 Å². The zero-order valence-corrected chi connectivity index (χ0v) is 13.4. The van der Waals surface area contributed by atoms with E-state index in [4.69, 9.17) is 0 Å². The SMILES string of the molecule is Cn1cc(N2CC[C@@]3(CCN(C(=O)c4cnccn4)C3)C2=O)cn1. The molecule has 0 unspecified atom stereocenters. The second kappa shape index (κ2) is 5.40. The highest BCUT2D eigenvalue weighted by atomic mass is 16.2. The molecular weight excluding hydrogens is 308 g/mol. The van der Waals surface area contributed by atoms with Crippen LogP contribution in [-0.2, 0) is 11.8 Å². The molecule has 2 aliphatic heterocycles. The number of anilines is 1. The van der Waals surface area contributed by atoms with E-state index in [2.05, 4.69) is 15.1 Å². The van der Waals surface area contributed by atoms with E-state index in [1.807, 2.05) is 13.2 Å². The predicted molar refractivity (Wildman–Crippen MR) is 85.2 cm³/mol. The first kappa shape index (κ1) is 14.8. The fourth-order valence-electron chi connectivity index (χ4n) is 3.61. The number of hydrogen-bond acceptors (Lipinski definition) is 5.